The van der Waals surface area contributed by atoms with Gasteiger partial charge < -0.3 is 32.7 Å². The number of aromatic amines is 1. The average Bonchev–Trinajstić information content (AvgIpc) is 3.62. The second-order valence-corrected chi connectivity index (χ2v) is 22.8. The molecular weight excluding hydrogens is 778 g/mol. The number of rotatable bonds is 24. The van der Waals surface area contributed by atoms with Crippen LogP contribution in [-0.4, -0.2) is 86.1 Å². The number of hydrogen-bond acceptors (Lipinski definition) is 11. The summed E-state index contributed by atoms with van der Waals surface area (Å²) in [6, 6.07) is 2.35. The van der Waals surface area contributed by atoms with E-state index in [9.17, 15) is 19.6 Å². The van der Waals surface area contributed by atoms with Crippen molar-refractivity contribution in [2.45, 2.75) is 168 Å². The fourth-order valence-corrected chi connectivity index (χ4v) is 13.8. The van der Waals surface area contributed by atoms with Crippen molar-refractivity contribution in [3.63, 3.8) is 0 Å². The Labute approximate surface area is 348 Å². The van der Waals surface area contributed by atoms with Crippen LogP contribution in [0.25, 0.3) is 0 Å². The van der Waals surface area contributed by atoms with Gasteiger partial charge in [-0.05, 0) is 89.1 Å². The third-order valence-electron chi connectivity index (χ3n) is 11.5. The van der Waals surface area contributed by atoms with E-state index in [0.29, 0.717) is 49.5 Å². The Bertz CT molecular complexity index is 1640. The van der Waals surface area contributed by atoms with Crippen LogP contribution in [0, 0.1) is 47.8 Å². The second-order valence-electron chi connectivity index (χ2n) is 17.1. The van der Waals surface area contributed by atoms with E-state index in [1.807, 2.05) is 0 Å². The lowest BCUT2D eigenvalue weighted by molar-refractivity contribution is -0.0469. The van der Waals surface area contributed by atoms with Crippen LogP contribution in [0.3, 0.4) is 0 Å². The quantitative estimate of drug-likeness (QED) is 0.0451. The van der Waals surface area contributed by atoms with Gasteiger partial charge in [-0.25, -0.2) is 14.3 Å². The molecule has 1 unspecified atom stereocenters. The summed E-state index contributed by atoms with van der Waals surface area (Å²) in [7, 11) is -4.43. The zero-order valence-electron chi connectivity index (χ0n) is 36.4. The molecule has 14 nitrogen and oxygen atoms in total. The lowest BCUT2D eigenvalue weighted by Crippen LogP contribution is -2.50. The summed E-state index contributed by atoms with van der Waals surface area (Å²) in [4.78, 5) is 39.9. The molecule has 2 N–H and O–H groups in total. The summed E-state index contributed by atoms with van der Waals surface area (Å²) in [5.41, 5.74) is -0.329. The minimum Gasteiger partial charge on any atom is -0.449 e. The van der Waals surface area contributed by atoms with E-state index >= 15 is 0 Å². The number of nitrogens with one attached hydrogen (secondary N) is 2. The Morgan fingerprint density at radius 3 is 2.28 bits per heavy atom. The molecule has 16 heteroatoms. The molecule has 58 heavy (non-hydrogen) atoms. The summed E-state index contributed by atoms with van der Waals surface area (Å²) >= 11 is 0. The molecule has 2 fully saturated rings. The molecular formula is C42H70N5O9PSi. The van der Waals surface area contributed by atoms with Gasteiger partial charge in [0.25, 0.3) is 14.1 Å². The van der Waals surface area contributed by atoms with Crippen LogP contribution in [0.15, 0.2) is 15.8 Å². The smallest absolute Gasteiger partial charge is 0.407 e. The summed E-state index contributed by atoms with van der Waals surface area (Å²) in [5, 5.41) is 12.2. The summed E-state index contributed by atoms with van der Waals surface area (Å²) in [6.07, 6.45) is 7.75. The minimum absolute atomic E-state index is 0.0981. The number of ether oxygens (including phenoxy) is 2. The van der Waals surface area contributed by atoms with E-state index in [2.05, 4.69) is 88.3 Å². The van der Waals surface area contributed by atoms with Gasteiger partial charge in [-0.1, -0.05) is 40.5 Å². The van der Waals surface area contributed by atoms with Crippen LogP contribution in [0.4, 0.5) is 4.79 Å². The third kappa shape index (κ3) is 13.5. The van der Waals surface area contributed by atoms with Crippen LogP contribution in [0.2, 0.25) is 11.1 Å². The van der Waals surface area contributed by atoms with Gasteiger partial charge in [0.15, 0.2) is 0 Å². The molecule has 1 aromatic rings. The second kappa shape index (κ2) is 23.4. The number of carbonyl (C=O) groups is 1. The van der Waals surface area contributed by atoms with Crippen molar-refractivity contribution in [2.24, 2.45) is 17.8 Å². The predicted molar refractivity (Wildman–Crippen MR) is 227 cm³/mol. The number of unbranched alkanes of at least 4 members (excludes halogenated alkanes) is 3. The van der Waals surface area contributed by atoms with Gasteiger partial charge in [-0.15, -0.1) is 11.8 Å². The molecule has 0 spiro atoms. The van der Waals surface area contributed by atoms with Gasteiger partial charge in [0.05, 0.1) is 38.4 Å². The Kier molecular flexibility index (Phi) is 19.4. The Hall–Kier alpha value is -2.59. The molecule has 1 amide bonds. The maximum atomic E-state index is 13.0. The number of nitrogens with zero attached hydrogens (tertiary/aromatic N) is 3. The van der Waals surface area contributed by atoms with Crippen LogP contribution in [0.5, 0.6) is 0 Å². The first-order valence-electron chi connectivity index (χ1n) is 21.6. The van der Waals surface area contributed by atoms with Gasteiger partial charge in [0.1, 0.15) is 12.3 Å². The molecule has 1 aromatic heterocycles. The highest BCUT2D eigenvalue weighted by molar-refractivity contribution is 7.44. The van der Waals surface area contributed by atoms with Crippen molar-refractivity contribution in [2.75, 3.05) is 33.0 Å². The van der Waals surface area contributed by atoms with Crippen molar-refractivity contribution >= 4 is 23.2 Å². The first-order chi connectivity index (χ1) is 27.7. The maximum absolute atomic E-state index is 13.0. The lowest BCUT2D eigenvalue weighted by Gasteiger charge is -2.39. The van der Waals surface area contributed by atoms with Crippen molar-refractivity contribution < 1.29 is 32.2 Å². The predicted octanol–water partition coefficient (Wildman–Crippen LogP) is 7.82. The number of alkyl carbamates (subject to hydrolysis) is 1. The molecule has 7 atom stereocenters. The topological polar surface area (TPSA) is 166 Å². The van der Waals surface area contributed by atoms with Gasteiger partial charge in [-0.3, -0.25) is 14.3 Å². The molecule has 1 aliphatic heterocycles. The first kappa shape index (κ1) is 48.1. The normalized spacial score (nSPS) is 23.7. The van der Waals surface area contributed by atoms with Crippen LogP contribution in [0.1, 0.15) is 131 Å². The third-order valence-corrected chi connectivity index (χ3v) is 18.2. The molecule has 0 aromatic carbocycles. The zero-order chi connectivity index (χ0) is 42.4. The highest BCUT2D eigenvalue weighted by Crippen LogP contribution is 2.53. The number of aryl methyl sites for hydroxylation is 1. The van der Waals surface area contributed by atoms with Gasteiger partial charge in [0, 0.05) is 56.3 Å². The van der Waals surface area contributed by atoms with Gasteiger partial charge in [0.2, 0.25) is 0 Å². The van der Waals surface area contributed by atoms with E-state index in [0.717, 1.165) is 51.4 Å². The zero-order valence-corrected chi connectivity index (χ0v) is 38.3. The van der Waals surface area contributed by atoms with E-state index in [1.54, 1.807) is 6.92 Å². The Morgan fingerprint density at radius 1 is 1.00 bits per heavy atom. The van der Waals surface area contributed by atoms with Crippen LogP contribution < -0.4 is 16.6 Å². The number of H-pyrrole nitrogens is 1. The van der Waals surface area contributed by atoms with Crippen molar-refractivity contribution in [1.29, 1.82) is 5.26 Å². The summed E-state index contributed by atoms with van der Waals surface area (Å²) in [5.74, 6) is 8.26. The monoisotopic (exact) mass is 847 g/mol. The van der Waals surface area contributed by atoms with Crippen molar-refractivity contribution in [1.82, 2.24) is 19.5 Å². The fourth-order valence-electron chi connectivity index (χ4n) is 8.44. The van der Waals surface area contributed by atoms with Crippen LogP contribution >= 0.6 is 8.53 Å². The maximum Gasteiger partial charge on any atom is 0.407 e. The van der Waals surface area contributed by atoms with E-state index in [-0.39, 0.29) is 48.9 Å². The number of aromatic nitrogens is 2. The first-order valence-corrected chi connectivity index (χ1v) is 24.7. The molecule has 4 rings (SSSR count). The highest BCUT2D eigenvalue weighted by atomic mass is 31.2. The fraction of sp³-hybridized carbons (Fsp3) is 0.810. The van der Waals surface area contributed by atoms with E-state index in [1.165, 1.54) is 10.8 Å². The molecule has 1 saturated carbocycles. The Morgan fingerprint density at radius 2 is 1.66 bits per heavy atom. The number of amides is 1. The standard InChI is InChI=1S/C42H70N5O9PSi/c1-29(2)47(30(3)4)57(52-23-18-21-43)56-37-25-39(46-26-33(9)40(48)45-41(46)49)55-38(37)28-54-58(31(5)6,32(7)8)53-24-17-13-12-16-22-44-42(50)51-27-36-34-19-14-10-11-15-20-35(34)36/h26,29-32,34-39H,12-20,22-25,27-28H2,1-9H3,(H,44,50)(H,45,48,49)/t34-,35+,36-,37-,38-,39-,57?/m1/s1. The number of hydrogen-bond donors (Lipinski definition) is 2. The van der Waals surface area contributed by atoms with Crippen molar-refractivity contribution in [3.8, 4) is 17.9 Å². The number of carbonyl (C=O) groups excluding carboxylic acids is 1. The molecule has 2 aliphatic carbocycles. The van der Waals surface area contributed by atoms with Gasteiger partial charge >= 0.3 is 20.3 Å². The molecule has 1 saturated heterocycles. The number of nitriles is 1. The van der Waals surface area contributed by atoms with E-state index < -0.39 is 46.8 Å². The molecule has 2 heterocycles. The lowest BCUT2D eigenvalue weighted by atomic mass is 10.1. The molecule has 0 bridgehead atoms. The van der Waals surface area contributed by atoms with Crippen LogP contribution in [-0.2, 0) is 27.4 Å². The largest absolute Gasteiger partial charge is 0.449 e. The average molecular weight is 848 g/mol. The highest BCUT2D eigenvalue weighted by Gasteiger charge is 2.50. The Balaban J connectivity index is 1.33. The molecule has 326 valence electrons. The van der Waals surface area contributed by atoms with Crippen molar-refractivity contribution in [3.05, 3.63) is 32.6 Å². The summed E-state index contributed by atoms with van der Waals surface area (Å²) in [6.45, 7) is 20.6. The molecule has 3 aliphatic rings. The summed E-state index contributed by atoms with van der Waals surface area (Å²) < 4.78 is 42.5. The minimum atomic E-state index is -2.82. The number of fused-ring (bicyclic) bond motifs is 1. The SMILES string of the molecule is Cc1cn([C@H]2C[C@@H](OP(OCCC#N)N(C(C)C)C(C)C)[C@@H](CO[Si](OCCCCCCNC(=O)OC[C@@H]3[C@@H]4CCC#CCC[C@@H]43)(C(C)C)C(C)C)O2)c(=O)[nH]c1=O. The van der Waals surface area contributed by atoms with Gasteiger partial charge in [-0.2, -0.15) is 5.26 Å². The molecule has 0 radical (unpaired) electrons. The van der Waals surface area contributed by atoms with E-state index in [4.69, 9.17) is 27.4 Å².